The standard InChI is InChI=1S/C20H16F2N4O3/c21-14-4-1-3-12(8-14)7-13-9-23-26(10-13)20(28)24-16-11-29-17-6-2-5-15(22)18(17)25-19(16)27/h1-6,8-10,16H,7,11H2,(H,24,28)(H,25,27)/t16-/m0/s1. The van der Waals surface area contributed by atoms with Crippen LogP contribution in [-0.2, 0) is 11.2 Å². The number of para-hydroxylation sites is 1. The summed E-state index contributed by atoms with van der Waals surface area (Å²) in [7, 11) is 0. The van der Waals surface area contributed by atoms with Crippen molar-refractivity contribution >= 4 is 17.6 Å². The number of rotatable bonds is 3. The zero-order chi connectivity index (χ0) is 20.4. The molecule has 29 heavy (non-hydrogen) atoms. The van der Waals surface area contributed by atoms with Crippen LogP contribution in [0.5, 0.6) is 5.75 Å². The van der Waals surface area contributed by atoms with Gasteiger partial charge in [0.15, 0.2) is 5.82 Å². The number of fused-ring (bicyclic) bond motifs is 1. The van der Waals surface area contributed by atoms with Gasteiger partial charge in [-0.05, 0) is 35.4 Å². The highest BCUT2D eigenvalue weighted by Gasteiger charge is 2.28. The van der Waals surface area contributed by atoms with Crippen molar-refractivity contribution in [2.75, 3.05) is 11.9 Å². The lowest BCUT2D eigenvalue weighted by atomic mass is 10.1. The lowest BCUT2D eigenvalue weighted by Crippen LogP contribution is -2.48. The SMILES string of the molecule is O=C1Nc2c(F)cccc2OC[C@@H]1NC(=O)n1cc(Cc2cccc(F)c2)cn1. The molecule has 0 spiro atoms. The molecule has 148 valence electrons. The van der Waals surface area contributed by atoms with E-state index in [0.717, 1.165) is 10.2 Å². The number of hydrogen-bond acceptors (Lipinski definition) is 4. The Kier molecular flexibility index (Phi) is 4.94. The van der Waals surface area contributed by atoms with Gasteiger partial charge in [0.2, 0.25) is 0 Å². The fourth-order valence-electron chi connectivity index (χ4n) is 2.97. The quantitative estimate of drug-likeness (QED) is 0.711. The van der Waals surface area contributed by atoms with Gasteiger partial charge in [0.25, 0.3) is 5.91 Å². The third kappa shape index (κ3) is 4.08. The van der Waals surface area contributed by atoms with Crippen LogP contribution in [0.4, 0.5) is 19.3 Å². The lowest BCUT2D eigenvalue weighted by molar-refractivity contribution is -0.118. The van der Waals surface area contributed by atoms with Crippen LogP contribution in [0.1, 0.15) is 11.1 Å². The zero-order valence-electron chi connectivity index (χ0n) is 15.1. The maximum Gasteiger partial charge on any atom is 0.342 e. The van der Waals surface area contributed by atoms with E-state index < -0.39 is 23.8 Å². The first-order chi connectivity index (χ1) is 14.0. The number of aromatic nitrogens is 2. The van der Waals surface area contributed by atoms with Gasteiger partial charge < -0.3 is 15.4 Å². The Bertz CT molecular complexity index is 1080. The second-order valence-electron chi connectivity index (χ2n) is 6.52. The first kappa shape index (κ1) is 18.6. The molecule has 0 unspecified atom stereocenters. The summed E-state index contributed by atoms with van der Waals surface area (Å²) in [6, 6.07) is 8.63. The predicted octanol–water partition coefficient (Wildman–Crippen LogP) is 2.71. The molecule has 0 aliphatic carbocycles. The van der Waals surface area contributed by atoms with Crippen molar-refractivity contribution in [1.29, 1.82) is 0 Å². The highest BCUT2D eigenvalue weighted by atomic mass is 19.1. The number of halogens is 2. The molecule has 3 aromatic rings. The highest BCUT2D eigenvalue weighted by molar-refractivity contribution is 5.99. The van der Waals surface area contributed by atoms with E-state index in [4.69, 9.17) is 4.74 Å². The molecular formula is C20H16F2N4O3. The second kappa shape index (κ2) is 7.70. The maximum atomic E-state index is 13.9. The summed E-state index contributed by atoms with van der Waals surface area (Å²) >= 11 is 0. The molecule has 1 aromatic heterocycles. The number of anilines is 1. The average molecular weight is 398 g/mol. The molecule has 0 saturated heterocycles. The molecule has 4 rings (SSSR count). The van der Waals surface area contributed by atoms with E-state index in [1.165, 1.54) is 42.7 Å². The smallest absolute Gasteiger partial charge is 0.342 e. The van der Waals surface area contributed by atoms with E-state index >= 15 is 0 Å². The van der Waals surface area contributed by atoms with Crippen molar-refractivity contribution in [2.24, 2.45) is 0 Å². The topological polar surface area (TPSA) is 85.3 Å². The first-order valence-electron chi connectivity index (χ1n) is 8.80. The van der Waals surface area contributed by atoms with Gasteiger partial charge in [0, 0.05) is 12.6 Å². The fraction of sp³-hybridized carbons (Fsp3) is 0.150. The summed E-state index contributed by atoms with van der Waals surface area (Å²) in [5.74, 6) is -1.39. The molecule has 7 nitrogen and oxygen atoms in total. The van der Waals surface area contributed by atoms with Crippen LogP contribution >= 0.6 is 0 Å². The van der Waals surface area contributed by atoms with E-state index in [2.05, 4.69) is 15.7 Å². The number of benzene rings is 2. The predicted molar refractivity (Wildman–Crippen MR) is 99.7 cm³/mol. The third-order valence-electron chi connectivity index (χ3n) is 4.38. The minimum atomic E-state index is -1.04. The Morgan fingerprint density at radius 2 is 2.07 bits per heavy atom. The number of amides is 2. The summed E-state index contributed by atoms with van der Waals surface area (Å²) in [4.78, 5) is 24.8. The van der Waals surface area contributed by atoms with Gasteiger partial charge in [0.05, 0.1) is 6.20 Å². The van der Waals surface area contributed by atoms with Crippen molar-refractivity contribution in [1.82, 2.24) is 15.1 Å². The van der Waals surface area contributed by atoms with Crippen molar-refractivity contribution in [3.8, 4) is 5.75 Å². The van der Waals surface area contributed by atoms with Gasteiger partial charge >= 0.3 is 6.03 Å². The van der Waals surface area contributed by atoms with Crippen LogP contribution in [-0.4, -0.2) is 34.4 Å². The molecule has 9 heteroatoms. The van der Waals surface area contributed by atoms with Crippen LogP contribution in [0.15, 0.2) is 54.9 Å². The summed E-state index contributed by atoms with van der Waals surface area (Å²) in [5, 5.41) is 8.91. The second-order valence-corrected chi connectivity index (χ2v) is 6.52. The molecule has 2 aromatic carbocycles. The van der Waals surface area contributed by atoms with Crippen LogP contribution < -0.4 is 15.4 Å². The van der Waals surface area contributed by atoms with E-state index in [0.29, 0.717) is 12.0 Å². The van der Waals surface area contributed by atoms with Crippen LogP contribution in [0.2, 0.25) is 0 Å². The molecule has 2 N–H and O–H groups in total. The van der Waals surface area contributed by atoms with E-state index in [1.54, 1.807) is 12.1 Å². The molecule has 1 atom stereocenters. The first-order valence-corrected chi connectivity index (χ1v) is 8.80. The summed E-state index contributed by atoms with van der Waals surface area (Å²) in [6.07, 6.45) is 3.37. The minimum Gasteiger partial charge on any atom is -0.489 e. The molecule has 0 fully saturated rings. The Hall–Kier alpha value is -3.75. The number of carbonyl (C=O) groups excluding carboxylic acids is 2. The third-order valence-corrected chi connectivity index (χ3v) is 4.38. The van der Waals surface area contributed by atoms with Gasteiger partial charge in [-0.2, -0.15) is 9.78 Å². The van der Waals surface area contributed by atoms with E-state index in [1.807, 2.05) is 0 Å². The Morgan fingerprint density at radius 1 is 1.24 bits per heavy atom. The summed E-state index contributed by atoms with van der Waals surface area (Å²) in [6.45, 7) is -0.161. The van der Waals surface area contributed by atoms with E-state index in [9.17, 15) is 18.4 Å². The monoisotopic (exact) mass is 398 g/mol. The number of ether oxygens (including phenoxy) is 1. The normalized spacial score (nSPS) is 15.7. The molecule has 0 radical (unpaired) electrons. The number of nitrogens with one attached hydrogen (secondary N) is 2. The molecule has 1 aliphatic rings. The average Bonchev–Trinajstić information content (AvgIpc) is 3.09. The molecule has 2 heterocycles. The minimum absolute atomic E-state index is 0.0642. The van der Waals surface area contributed by atoms with Crippen molar-refractivity contribution in [2.45, 2.75) is 12.5 Å². The van der Waals surface area contributed by atoms with E-state index in [-0.39, 0.29) is 23.9 Å². The largest absolute Gasteiger partial charge is 0.489 e. The summed E-state index contributed by atoms with van der Waals surface area (Å²) in [5.41, 5.74) is 1.37. The fourth-order valence-corrected chi connectivity index (χ4v) is 2.97. The Balaban J connectivity index is 1.43. The summed E-state index contributed by atoms with van der Waals surface area (Å²) < 4.78 is 33.6. The number of nitrogens with zero attached hydrogens (tertiary/aromatic N) is 2. The Morgan fingerprint density at radius 3 is 2.90 bits per heavy atom. The maximum absolute atomic E-state index is 13.9. The van der Waals surface area contributed by atoms with Crippen molar-refractivity contribution in [3.05, 3.63) is 77.6 Å². The number of hydrogen-bond donors (Lipinski definition) is 2. The van der Waals surface area contributed by atoms with Crippen molar-refractivity contribution < 1.29 is 23.1 Å². The van der Waals surface area contributed by atoms with Gasteiger partial charge in [-0.15, -0.1) is 0 Å². The van der Waals surface area contributed by atoms with Crippen LogP contribution in [0.3, 0.4) is 0 Å². The van der Waals surface area contributed by atoms with Gasteiger partial charge in [-0.1, -0.05) is 18.2 Å². The molecular weight excluding hydrogens is 382 g/mol. The molecule has 0 bridgehead atoms. The molecule has 0 saturated carbocycles. The highest BCUT2D eigenvalue weighted by Crippen LogP contribution is 2.29. The van der Waals surface area contributed by atoms with Crippen molar-refractivity contribution in [3.63, 3.8) is 0 Å². The van der Waals surface area contributed by atoms with Gasteiger partial charge in [0.1, 0.15) is 29.9 Å². The van der Waals surface area contributed by atoms with Gasteiger partial charge in [-0.3, -0.25) is 4.79 Å². The van der Waals surface area contributed by atoms with Gasteiger partial charge in [-0.25, -0.2) is 13.6 Å². The Labute approximate surface area is 164 Å². The molecule has 1 aliphatic heterocycles. The lowest BCUT2D eigenvalue weighted by Gasteiger charge is -2.14. The number of carbonyl (C=O) groups is 2. The van der Waals surface area contributed by atoms with Crippen LogP contribution in [0.25, 0.3) is 0 Å². The molecule has 2 amide bonds. The van der Waals surface area contributed by atoms with Crippen LogP contribution in [0, 0.1) is 11.6 Å². The zero-order valence-corrected chi connectivity index (χ0v) is 15.1.